The molecule has 0 fully saturated rings. The number of benzene rings is 2. The Bertz CT molecular complexity index is 511. The molecule has 0 atom stereocenters. The van der Waals surface area contributed by atoms with Crippen LogP contribution in [0.4, 0.5) is 4.39 Å². The van der Waals surface area contributed by atoms with Crippen LogP contribution in [0, 0.1) is 17.7 Å². The average Bonchev–Trinajstić information content (AvgIpc) is 2.54. The van der Waals surface area contributed by atoms with E-state index < -0.39 is 0 Å². The summed E-state index contributed by atoms with van der Waals surface area (Å²) in [6, 6.07) is 17.4. The monoisotopic (exact) mass is 314 g/mol. The van der Waals surface area contributed by atoms with E-state index in [0.29, 0.717) is 0 Å². The summed E-state index contributed by atoms with van der Waals surface area (Å²) in [5.41, 5.74) is 2.69. The van der Waals surface area contributed by atoms with Crippen LogP contribution in [0.2, 0.25) is 0 Å². The minimum Gasteiger partial charge on any atom is -0.207 e. The van der Waals surface area contributed by atoms with Gasteiger partial charge in [0.1, 0.15) is 5.82 Å². The van der Waals surface area contributed by atoms with Crippen LogP contribution in [0.3, 0.4) is 0 Å². The molecule has 0 aromatic heterocycles. The van der Waals surface area contributed by atoms with Gasteiger partial charge in [-0.05, 0) is 60.8 Å². The van der Waals surface area contributed by atoms with Gasteiger partial charge in [-0.15, -0.1) is 0 Å². The fraction of sp³-hybridized carbons (Fsp3) is 0.455. The SMILES string of the molecule is CC(C)CCc1ccc(F)cc1.CC(C)CCc1ccccc1. The normalized spacial score (nSPS) is 10.6. The lowest BCUT2D eigenvalue weighted by molar-refractivity contribution is 0.585. The maximum atomic E-state index is 12.5. The van der Waals surface area contributed by atoms with E-state index in [1.54, 1.807) is 0 Å². The molecular weight excluding hydrogens is 283 g/mol. The smallest absolute Gasteiger partial charge is 0.123 e. The summed E-state index contributed by atoms with van der Waals surface area (Å²) in [6.45, 7) is 8.93. The van der Waals surface area contributed by atoms with Gasteiger partial charge < -0.3 is 0 Å². The fourth-order valence-electron chi connectivity index (χ4n) is 2.21. The molecule has 0 saturated heterocycles. The van der Waals surface area contributed by atoms with Gasteiger partial charge in [-0.2, -0.15) is 0 Å². The second kappa shape index (κ2) is 11.0. The molecule has 0 spiro atoms. The zero-order valence-corrected chi connectivity index (χ0v) is 15.1. The predicted octanol–water partition coefficient (Wildman–Crippen LogP) is 6.69. The summed E-state index contributed by atoms with van der Waals surface area (Å²) in [7, 11) is 0. The quantitative estimate of drug-likeness (QED) is 0.557. The molecular formula is C22H31F. The average molecular weight is 314 g/mol. The second-order valence-electron chi connectivity index (χ2n) is 6.98. The Morgan fingerprint density at radius 1 is 0.652 bits per heavy atom. The van der Waals surface area contributed by atoms with Gasteiger partial charge in [0, 0.05) is 0 Å². The molecule has 0 amide bonds. The van der Waals surface area contributed by atoms with E-state index in [1.165, 1.54) is 42.5 Å². The zero-order valence-electron chi connectivity index (χ0n) is 15.1. The third kappa shape index (κ3) is 9.89. The molecule has 0 saturated carbocycles. The van der Waals surface area contributed by atoms with Crippen LogP contribution in [0.5, 0.6) is 0 Å². The molecule has 126 valence electrons. The van der Waals surface area contributed by atoms with Crippen molar-refractivity contribution in [3.05, 3.63) is 71.5 Å². The third-order valence-electron chi connectivity index (χ3n) is 3.78. The third-order valence-corrected chi connectivity index (χ3v) is 3.78. The summed E-state index contributed by atoms with van der Waals surface area (Å²) < 4.78 is 12.5. The maximum absolute atomic E-state index is 12.5. The van der Waals surface area contributed by atoms with Gasteiger partial charge in [-0.25, -0.2) is 4.39 Å². The van der Waals surface area contributed by atoms with Gasteiger partial charge >= 0.3 is 0 Å². The van der Waals surface area contributed by atoms with Gasteiger partial charge in [0.25, 0.3) is 0 Å². The Morgan fingerprint density at radius 2 is 1.09 bits per heavy atom. The molecule has 1 heteroatoms. The predicted molar refractivity (Wildman–Crippen MR) is 99.2 cm³/mol. The largest absolute Gasteiger partial charge is 0.207 e. The highest BCUT2D eigenvalue weighted by molar-refractivity contribution is 5.16. The Kier molecular flexibility index (Phi) is 9.28. The van der Waals surface area contributed by atoms with Crippen LogP contribution < -0.4 is 0 Å². The molecule has 0 aliphatic heterocycles. The van der Waals surface area contributed by atoms with Crippen LogP contribution in [0.1, 0.15) is 51.7 Å². The van der Waals surface area contributed by atoms with E-state index in [9.17, 15) is 4.39 Å². The Hall–Kier alpha value is -1.63. The first kappa shape index (κ1) is 19.4. The number of halogens is 1. The molecule has 23 heavy (non-hydrogen) atoms. The highest BCUT2D eigenvalue weighted by Gasteiger charge is 1.96. The van der Waals surface area contributed by atoms with Crippen LogP contribution in [0.15, 0.2) is 54.6 Å². The number of hydrogen-bond acceptors (Lipinski definition) is 0. The minimum atomic E-state index is -0.150. The first-order valence-electron chi connectivity index (χ1n) is 8.75. The van der Waals surface area contributed by atoms with Crippen LogP contribution in [-0.4, -0.2) is 0 Å². The molecule has 0 aliphatic rings. The Labute approximate surface area is 141 Å². The summed E-state index contributed by atoms with van der Waals surface area (Å²) in [4.78, 5) is 0. The Balaban J connectivity index is 0.000000231. The highest BCUT2D eigenvalue weighted by atomic mass is 19.1. The highest BCUT2D eigenvalue weighted by Crippen LogP contribution is 2.09. The summed E-state index contributed by atoms with van der Waals surface area (Å²) in [5, 5.41) is 0. The lowest BCUT2D eigenvalue weighted by Gasteiger charge is -2.03. The van der Waals surface area contributed by atoms with Crippen molar-refractivity contribution in [1.82, 2.24) is 0 Å². The second-order valence-corrected chi connectivity index (χ2v) is 6.98. The van der Waals surface area contributed by atoms with Crippen molar-refractivity contribution in [2.45, 2.75) is 53.4 Å². The molecule has 0 nitrogen and oxygen atoms in total. The van der Waals surface area contributed by atoms with Crippen molar-refractivity contribution in [3.63, 3.8) is 0 Å². The van der Waals surface area contributed by atoms with Crippen molar-refractivity contribution in [3.8, 4) is 0 Å². The van der Waals surface area contributed by atoms with Crippen molar-refractivity contribution in [1.29, 1.82) is 0 Å². The molecule has 0 radical (unpaired) electrons. The first-order valence-corrected chi connectivity index (χ1v) is 8.75. The molecule has 2 aromatic carbocycles. The first-order chi connectivity index (χ1) is 11.0. The van der Waals surface area contributed by atoms with Gasteiger partial charge in [-0.1, -0.05) is 70.2 Å². The van der Waals surface area contributed by atoms with Gasteiger partial charge in [0.05, 0.1) is 0 Å². The van der Waals surface area contributed by atoms with E-state index in [4.69, 9.17) is 0 Å². The van der Waals surface area contributed by atoms with Crippen LogP contribution >= 0.6 is 0 Å². The maximum Gasteiger partial charge on any atom is 0.123 e. The van der Waals surface area contributed by atoms with Crippen molar-refractivity contribution in [2.24, 2.45) is 11.8 Å². The van der Waals surface area contributed by atoms with E-state index in [-0.39, 0.29) is 5.82 Å². The molecule has 2 rings (SSSR count). The van der Waals surface area contributed by atoms with Gasteiger partial charge in [0.15, 0.2) is 0 Å². The van der Waals surface area contributed by atoms with Gasteiger partial charge in [-0.3, -0.25) is 0 Å². The van der Waals surface area contributed by atoms with Crippen molar-refractivity contribution >= 4 is 0 Å². The molecule has 0 N–H and O–H groups in total. The zero-order chi connectivity index (χ0) is 17.1. The van der Waals surface area contributed by atoms with E-state index >= 15 is 0 Å². The summed E-state index contributed by atoms with van der Waals surface area (Å²) >= 11 is 0. The molecule has 0 heterocycles. The standard InChI is InChI=1S/C11H15F.C11H16/c1-9(2)3-4-10-5-7-11(12)8-6-10;1-10(2)8-9-11-6-4-3-5-7-11/h5-9H,3-4H2,1-2H3;3-7,10H,8-9H2,1-2H3. The van der Waals surface area contributed by atoms with E-state index in [0.717, 1.165) is 18.3 Å². The number of hydrogen-bond donors (Lipinski definition) is 0. The minimum absolute atomic E-state index is 0.150. The van der Waals surface area contributed by atoms with Crippen LogP contribution in [0.25, 0.3) is 0 Å². The summed E-state index contributed by atoms with van der Waals surface area (Å²) in [6.07, 6.45) is 4.74. The van der Waals surface area contributed by atoms with E-state index in [2.05, 4.69) is 58.0 Å². The summed E-state index contributed by atoms with van der Waals surface area (Å²) in [5.74, 6) is 1.38. The van der Waals surface area contributed by atoms with Crippen LogP contribution in [-0.2, 0) is 12.8 Å². The molecule has 0 aliphatic carbocycles. The lowest BCUT2D eigenvalue weighted by Crippen LogP contribution is -1.91. The topological polar surface area (TPSA) is 0 Å². The Morgan fingerprint density at radius 3 is 1.52 bits per heavy atom. The van der Waals surface area contributed by atoms with Crippen molar-refractivity contribution in [2.75, 3.05) is 0 Å². The molecule has 0 unspecified atom stereocenters. The molecule has 2 aromatic rings. The van der Waals surface area contributed by atoms with E-state index in [1.807, 2.05) is 12.1 Å². The van der Waals surface area contributed by atoms with Gasteiger partial charge in [0.2, 0.25) is 0 Å². The van der Waals surface area contributed by atoms with Crippen molar-refractivity contribution < 1.29 is 4.39 Å². The molecule has 0 bridgehead atoms. The number of aryl methyl sites for hydroxylation is 2. The number of rotatable bonds is 6. The lowest BCUT2D eigenvalue weighted by atomic mass is 10.0. The fourth-order valence-corrected chi connectivity index (χ4v) is 2.21.